The highest BCUT2D eigenvalue weighted by Gasteiger charge is 2.12. The Kier molecular flexibility index (Phi) is 5.83. The molecule has 0 unspecified atom stereocenters. The van der Waals surface area contributed by atoms with Crippen LogP contribution in [-0.4, -0.2) is 23.1 Å². The third kappa shape index (κ3) is 4.24. The maximum absolute atomic E-state index is 12.9. The number of rotatable bonds is 7. The van der Waals surface area contributed by atoms with E-state index >= 15 is 0 Å². The van der Waals surface area contributed by atoms with Crippen LogP contribution in [0.5, 0.6) is 5.88 Å². The largest absolute Gasteiger partial charge is 0.477 e. The molecule has 1 heterocycles. The number of aryl methyl sites for hydroxylation is 2. The summed E-state index contributed by atoms with van der Waals surface area (Å²) < 4.78 is 18.7. The van der Waals surface area contributed by atoms with Crippen LogP contribution in [0.25, 0.3) is 0 Å². The maximum Gasteiger partial charge on any atom is 0.220 e. The molecule has 0 amide bonds. The van der Waals surface area contributed by atoms with Crippen LogP contribution < -0.4 is 10.5 Å². The summed E-state index contributed by atoms with van der Waals surface area (Å²) in [7, 11) is 0. The van der Waals surface area contributed by atoms with Crippen molar-refractivity contribution in [3.63, 3.8) is 0 Å². The van der Waals surface area contributed by atoms with Crippen LogP contribution in [0, 0.1) is 12.7 Å². The first-order valence-corrected chi connectivity index (χ1v) is 7.57. The average molecular weight is 303 g/mol. The van der Waals surface area contributed by atoms with Gasteiger partial charge in [0, 0.05) is 12.0 Å². The van der Waals surface area contributed by atoms with E-state index in [1.807, 2.05) is 6.92 Å². The summed E-state index contributed by atoms with van der Waals surface area (Å²) >= 11 is 0. The molecule has 0 aliphatic heterocycles. The summed E-state index contributed by atoms with van der Waals surface area (Å²) in [6.07, 6.45) is 2.23. The van der Waals surface area contributed by atoms with Crippen LogP contribution in [0.4, 0.5) is 4.39 Å². The van der Waals surface area contributed by atoms with Crippen molar-refractivity contribution in [3.8, 4) is 5.88 Å². The van der Waals surface area contributed by atoms with E-state index in [1.54, 1.807) is 12.1 Å². The number of nitrogens with zero attached hydrogens (tertiary/aromatic N) is 2. The van der Waals surface area contributed by atoms with Gasteiger partial charge >= 0.3 is 0 Å². The first-order chi connectivity index (χ1) is 10.6. The Bertz CT molecular complexity index is 614. The number of halogens is 1. The number of benzene rings is 1. The predicted molar refractivity (Wildman–Crippen MR) is 84.5 cm³/mol. The lowest BCUT2D eigenvalue weighted by atomic mass is 10.1. The fraction of sp³-hybridized carbons (Fsp3) is 0.412. The van der Waals surface area contributed by atoms with E-state index in [0.29, 0.717) is 37.7 Å². The second-order valence-corrected chi connectivity index (χ2v) is 5.12. The molecule has 0 saturated heterocycles. The Morgan fingerprint density at radius 3 is 2.50 bits per heavy atom. The average Bonchev–Trinajstić information content (AvgIpc) is 2.51. The zero-order valence-corrected chi connectivity index (χ0v) is 13.1. The van der Waals surface area contributed by atoms with E-state index in [4.69, 9.17) is 10.5 Å². The lowest BCUT2D eigenvalue weighted by Crippen LogP contribution is -2.13. The van der Waals surface area contributed by atoms with E-state index in [0.717, 1.165) is 23.2 Å². The monoisotopic (exact) mass is 303 g/mol. The minimum atomic E-state index is -0.228. The van der Waals surface area contributed by atoms with Crippen LogP contribution in [0.15, 0.2) is 24.3 Å². The molecule has 1 aromatic heterocycles. The van der Waals surface area contributed by atoms with Crippen molar-refractivity contribution in [2.45, 2.75) is 33.1 Å². The molecule has 5 heteroatoms. The van der Waals surface area contributed by atoms with Gasteiger partial charge in [-0.15, -0.1) is 0 Å². The quantitative estimate of drug-likeness (QED) is 0.854. The van der Waals surface area contributed by atoms with E-state index in [-0.39, 0.29) is 5.82 Å². The first kappa shape index (κ1) is 16.4. The minimum Gasteiger partial charge on any atom is -0.477 e. The highest BCUT2D eigenvalue weighted by molar-refractivity contribution is 5.31. The summed E-state index contributed by atoms with van der Waals surface area (Å²) in [4.78, 5) is 8.86. The van der Waals surface area contributed by atoms with Crippen LogP contribution >= 0.6 is 0 Å². The molecule has 0 atom stereocenters. The molecular weight excluding hydrogens is 281 g/mol. The molecule has 4 nitrogen and oxygen atoms in total. The minimum absolute atomic E-state index is 0.228. The van der Waals surface area contributed by atoms with Crippen LogP contribution in [-0.2, 0) is 19.3 Å². The van der Waals surface area contributed by atoms with Gasteiger partial charge in [-0.25, -0.2) is 9.37 Å². The lowest BCUT2D eigenvalue weighted by Gasteiger charge is -2.14. The summed E-state index contributed by atoms with van der Waals surface area (Å²) in [6, 6.07) is 6.45. The van der Waals surface area contributed by atoms with Gasteiger partial charge < -0.3 is 10.5 Å². The highest BCUT2D eigenvalue weighted by atomic mass is 19.1. The van der Waals surface area contributed by atoms with Crippen LogP contribution in [0.2, 0.25) is 0 Å². The topological polar surface area (TPSA) is 61.0 Å². The molecule has 22 heavy (non-hydrogen) atoms. The van der Waals surface area contributed by atoms with Gasteiger partial charge in [0.15, 0.2) is 0 Å². The fourth-order valence-corrected chi connectivity index (χ4v) is 2.35. The van der Waals surface area contributed by atoms with Crippen molar-refractivity contribution in [1.82, 2.24) is 9.97 Å². The highest BCUT2D eigenvalue weighted by Crippen LogP contribution is 2.20. The molecule has 0 spiro atoms. The molecule has 0 fully saturated rings. The Labute approximate surface area is 130 Å². The second kappa shape index (κ2) is 7.84. The molecule has 2 rings (SSSR count). The van der Waals surface area contributed by atoms with Crippen molar-refractivity contribution < 1.29 is 9.13 Å². The van der Waals surface area contributed by atoms with Crippen molar-refractivity contribution in [2.75, 3.05) is 13.2 Å². The normalized spacial score (nSPS) is 10.7. The lowest BCUT2D eigenvalue weighted by molar-refractivity contribution is 0.303. The molecule has 0 aliphatic rings. The zero-order valence-electron chi connectivity index (χ0n) is 13.1. The Hall–Kier alpha value is -2.01. The molecule has 0 bridgehead atoms. The number of ether oxygens (including phenoxy) is 1. The van der Waals surface area contributed by atoms with E-state index in [1.165, 1.54) is 12.1 Å². The smallest absolute Gasteiger partial charge is 0.220 e. The summed E-state index contributed by atoms with van der Waals surface area (Å²) in [5.74, 6) is 1.10. The number of hydrogen-bond acceptors (Lipinski definition) is 4. The van der Waals surface area contributed by atoms with Crippen molar-refractivity contribution in [1.29, 1.82) is 0 Å². The van der Waals surface area contributed by atoms with Gasteiger partial charge in [0.1, 0.15) is 11.6 Å². The zero-order chi connectivity index (χ0) is 15.9. The van der Waals surface area contributed by atoms with Gasteiger partial charge in [0.25, 0.3) is 0 Å². The first-order valence-electron chi connectivity index (χ1n) is 7.57. The van der Waals surface area contributed by atoms with E-state index < -0.39 is 0 Å². The molecule has 2 aromatic rings. The third-order valence-corrected chi connectivity index (χ3v) is 3.44. The van der Waals surface area contributed by atoms with Crippen molar-refractivity contribution in [3.05, 3.63) is 52.7 Å². The van der Waals surface area contributed by atoms with E-state index in [9.17, 15) is 4.39 Å². The number of nitrogens with two attached hydrogens (primary N) is 1. The van der Waals surface area contributed by atoms with Crippen molar-refractivity contribution >= 4 is 0 Å². The third-order valence-electron chi connectivity index (χ3n) is 3.44. The van der Waals surface area contributed by atoms with Crippen LogP contribution in [0.1, 0.15) is 29.6 Å². The van der Waals surface area contributed by atoms with Gasteiger partial charge in [-0.1, -0.05) is 19.1 Å². The van der Waals surface area contributed by atoms with E-state index in [2.05, 4.69) is 16.9 Å². The molecule has 0 saturated carbocycles. The summed E-state index contributed by atoms with van der Waals surface area (Å²) in [5.41, 5.74) is 8.70. The summed E-state index contributed by atoms with van der Waals surface area (Å²) in [6.45, 7) is 4.94. The Morgan fingerprint density at radius 1 is 1.14 bits per heavy atom. The molecule has 0 radical (unpaired) electrons. The molecular formula is C17H22FN3O. The van der Waals surface area contributed by atoms with Gasteiger partial charge in [0.2, 0.25) is 5.88 Å². The van der Waals surface area contributed by atoms with Gasteiger partial charge in [-0.3, -0.25) is 0 Å². The van der Waals surface area contributed by atoms with Crippen LogP contribution in [0.3, 0.4) is 0 Å². The molecule has 118 valence electrons. The van der Waals surface area contributed by atoms with Gasteiger partial charge in [0.05, 0.1) is 12.3 Å². The Balaban J connectivity index is 2.07. The molecule has 1 aromatic carbocycles. The summed E-state index contributed by atoms with van der Waals surface area (Å²) in [5, 5.41) is 0. The Morgan fingerprint density at radius 2 is 1.86 bits per heavy atom. The molecule has 0 aliphatic carbocycles. The standard InChI is InChI=1S/C17H22FN3O/c1-3-16-15(8-10-19)17(21-12(2)20-16)22-11-9-13-4-6-14(18)7-5-13/h4-7H,3,8-11,19H2,1-2H3. The second-order valence-electron chi connectivity index (χ2n) is 5.12. The predicted octanol–water partition coefficient (Wildman–Crippen LogP) is 2.61. The number of aromatic nitrogens is 2. The maximum atomic E-state index is 12.9. The van der Waals surface area contributed by atoms with Gasteiger partial charge in [-0.2, -0.15) is 4.98 Å². The number of hydrogen-bond donors (Lipinski definition) is 1. The molecule has 2 N–H and O–H groups in total. The van der Waals surface area contributed by atoms with Gasteiger partial charge in [-0.05, 0) is 44.0 Å². The SMILES string of the molecule is CCc1nc(C)nc(OCCc2ccc(F)cc2)c1CCN. The fourth-order valence-electron chi connectivity index (χ4n) is 2.35. The van der Waals surface area contributed by atoms with Crippen molar-refractivity contribution in [2.24, 2.45) is 5.73 Å².